The monoisotopic (exact) mass is 342 g/mol. The summed E-state index contributed by atoms with van der Waals surface area (Å²) in [5, 5.41) is 0. The second kappa shape index (κ2) is 8.99. The first kappa shape index (κ1) is 19.6. The van der Waals surface area contributed by atoms with Gasteiger partial charge in [-0.25, -0.2) is 4.39 Å². The molecule has 2 rings (SSSR count). The molecule has 0 bridgehead atoms. The standard InChI is InChI=1S/C17H23FN2O2.ClH/c1-12(19)15-4-2-3-11-20(15)17(22)10-9-16(21)13-5-7-14(18)8-6-13;/h5-8,12,15H,2-4,9-11,19H2,1H3;1H. The van der Waals surface area contributed by atoms with E-state index in [0.717, 1.165) is 25.8 Å². The molecule has 1 aliphatic heterocycles. The lowest BCUT2D eigenvalue weighted by Gasteiger charge is -2.38. The minimum absolute atomic E-state index is 0. The number of hydrogen-bond donors (Lipinski definition) is 1. The smallest absolute Gasteiger partial charge is 0.223 e. The zero-order chi connectivity index (χ0) is 16.1. The third-order valence-corrected chi connectivity index (χ3v) is 4.21. The molecule has 6 heteroatoms. The van der Waals surface area contributed by atoms with Crippen molar-refractivity contribution in [1.29, 1.82) is 0 Å². The second-order valence-corrected chi connectivity index (χ2v) is 5.94. The van der Waals surface area contributed by atoms with Gasteiger partial charge in [0.05, 0.1) is 0 Å². The topological polar surface area (TPSA) is 63.4 Å². The number of halogens is 2. The molecule has 1 saturated heterocycles. The van der Waals surface area contributed by atoms with Crippen LogP contribution in [0.3, 0.4) is 0 Å². The molecule has 1 heterocycles. The maximum Gasteiger partial charge on any atom is 0.223 e. The van der Waals surface area contributed by atoms with E-state index in [2.05, 4.69) is 0 Å². The Bertz CT molecular complexity index is 534. The van der Waals surface area contributed by atoms with Gasteiger partial charge in [-0.05, 0) is 50.5 Å². The fourth-order valence-electron chi connectivity index (χ4n) is 2.96. The number of hydrogen-bond acceptors (Lipinski definition) is 3. The van der Waals surface area contributed by atoms with Crippen LogP contribution in [0.1, 0.15) is 49.4 Å². The first-order valence-electron chi connectivity index (χ1n) is 7.83. The summed E-state index contributed by atoms with van der Waals surface area (Å²) in [5.74, 6) is -0.527. The van der Waals surface area contributed by atoms with Gasteiger partial charge in [-0.1, -0.05) is 0 Å². The van der Waals surface area contributed by atoms with Crippen molar-refractivity contribution in [3.63, 3.8) is 0 Å². The molecule has 0 saturated carbocycles. The molecule has 2 atom stereocenters. The van der Waals surface area contributed by atoms with Gasteiger partial charge in [0, 0.05) is 37.0 Å². The molecule has 1 aliphatic rings. The van der Waals surface area contributed by atoms with Gasteiger partial charge in [-0.2, -0.15) is 0 Å². The predicted octanol–water partition coefficient (Wildman–Crippen LogP) is 2.94. The van der Waals surface area contributed by atoms with Crippen molar-refractivity contribution in [2.75, 3.05) is 6.54 Å². The van der Waals surface area contributed by atoms with Crippen LogP contribution in [0, 0.1) is 5.82 Å². The summed E-state index contributed by atoms with van der Waals surface area (Å²) in [4.78, 5) is 26.2. The minimum Gasteiger partial charge on any atom is -0.338 e. The Kier molecular flexibility index (Phi) is 7.65. The van der Waals surface area contributed by atoms with E-state index >= 15 is 0 Å². The van der Waals surface area contributed by atoms with Gasteiger partial charge >= 0.3 is 0 Å². The van der Waals surface area contributed by atoms with Gasteiger partial charge in [0.15, 0.2) is 5.78 Å². The van der Waals surface area contributed by atoms with Crippen LogP contribution in [0.15, 0.2) is 24.3 Å². The van der Waals surface area contributed by atoms with Gasteiger partial charge in [0.1, 0.15) is 5.82 Å². The summed E-state index contributed by atoms with van der Waals surface area (Å²) in [5.41, 5.74) is 6.40. The maximum absolute atomic E-state index is 12.8. The maximum atomic E-state index is 12.8. The quantitative estimate of drug-likeness (QED) is 0.837. The van der Waals surface area contributed by atoms with E-state index in [4.69, 9.17) is 5.73 Å². The van der Waals surface area contributed by atoms with E-state index in [1.165, 1.54) is 24.3 Å². The van der Waals surface area contributed by atoms with Gasteiger partial charge in [0.25, 0.3) is 0 Å². The predicted molar refractivity (Wildman–Crippen MR) is 90.2 cm³/mol. The van der Waals surface area contributed by atoms with E-state index in [0.29, 0.717) is 5.56 Å². The van der Waals surface area contributed by atoms with Crippen molar-refractivity contribution < 1.29 is 14.0 Å². The van der Waals surface area contributed by atoms with Gasteiger partial charge in [-0.15, -0.1) is 12.4 Å². The van der Waals surface area contributed by atoms with Crippen LogP contribution < -0.4 is 5.73 Å². The third kappa shape index (κ3) is 5.29. The summed E-state index contributed by atoms with van der Waals surface area (Å²) in [7, 11) is 0. The lowest BCUT2D eigenvalue weighted by Crippen LogP contribution is -2.51. The van der Waals surface area contributed by atoms with Gasteiger partial charge < -0.3 is 10.6 Å². The van der Waals surface area contributed by atoms with Crippen LogP contribution in [0.4, 0.5) is 4.39 Å². The summed E-state index contributed by atoms with van der Waals surface area (Å²) in [6.07, 6.45) is 3.33. The zero-order valence-electron chi connectivity index (χ0n) is 13.3. The number of rotatable bonds is 5. The molecule has 1 fully saturated rings. The Hall–Kier alpha value is -1.46. The van der Waals surface area contributed by atoms with Crippen molar-refractivity contribution in [2.45, 2.75) is 51.1 Å². The van der Waals surface area contributed by atoms with Crippen LogP contribution in [0.5, 0.6) is 0 Å². The van der Waals surface area contributed by atoms with Crippen LogP contribution >= 0.6 is 12.4 Å². The second-order valence-electron chi connectivity index (χ2n) is 5.94. The number of piperidine rings is 1. The van der Waals surface area contributed by atoms with Gasteiger partial charge in [-0.3, -0.25) is 9.59 Å². The Balaban J connectivity index is 0.00000264. The number of carbonyl (C=O) groups is 2. The Morgan fingerprint density at radius 2 is 1.91 bits per heavy atom. The first-order valence-corrected chi connectivity index (χ1v) is 7.83. The number of likely N-dealkylation sites (tertiary alicyclic amines) is 1. The average molecular weight is 343 g/mol. The number of amides is 1. The summed E-state index contributed by atoms with van der Waals surface area (Å²) >= 11 is 0. The highest BCUT2D eigenvalue weighted by atomic mass is 35.5. The molecular formula is C17H24ClFN2O2. The molecule has 1 amide bonds. The molecule has 0 spiro atoms. The largest absolute Gasteiger partial charge is 0.338 e. The number of nitrogens with two attached hydrogens (primary N) is 1. The van der Waals surface area contributed by atoms with E-state index in [-0.39, 0.29) is 54.8 Å². The molecule has 1 aromatic carbocycles. The molecule has 23 heavy (non-hydrogen) atoms. The van der Waals surface area contributed by atoms with Crippen molar-refractivity contribution in [3.8, 4) is 0 Å². The molecule has 0 aromatic heterocycles. The highest BCUT2D eigenvalue weighted by molar-refractivity contribution is 5.97. The van der Waals surface area contributed by atoms with Crippen molar-refractivity contribution in [2.24, 2.45) is 5.73 Å². The Morgan fingerprint density at radius 3 is 2.52 bits per heavy atom. The van der Waals surface area contributed by atoms with E-state index < -0.39 is 0 Å². The number of carbonyl (C=O) groups excluding carboxylic acids is 2. The van der Waals surface area contributed by atoms with Crippen LogP contribution in [0.25, 0.3) is 0 Å². The molecule has 2 N–H and O–H groups in total. The SMILES string of the molecule is CC(N)C1CCCCN1C(=O)CCC(=O)c1ccc(F)cc1.Cl. The lowest BCUT2D eigenvalue weighted by atomic mass is 9.96. The molecule has 0 radical (unpaired) electrons. The summed E-state index contributed by atoms with van der Waals surface area (Å²) in [6.45, 7) is 2.63. The van der Waals surface area contributed by atoms with E-state index in [1.54, 1.807) is 0 Å². The number of nitrogens with zero attached hydrogens (tertiary/aromatic N) is 1. The third-order valence-electron chi connectivity index (χ3n) is 4.21. The van der Waals surface area contributed by atoms with E-state index in [1.807, 2.05) is 11.8 Å². The van der Waals surface area contributed by atoms with Crippen molar-refractivity contribution >= 4 is 24.1 Å². The summed E-state index contributed by atoms with van der Waals surface area (Å²) < 4.78 is 12.8. The highest BCUT2D eigenvalue weighted by Crippen LogP contribution is 2.20. The molecule has 1 aromatic rings. The molecular weight excluding hydrogens is 319 g/mol. The number of benzene rings is 1. The fraction of sp³-hybridized carbons (Fsp3) is 0.529. The van der Waals surface area contributed by atoms with Crippen molar-refractivity contribution in [3.05, 3.63) is 35.6 Å². The number of Topliss-reactive ketones (excluding diaryl/α,β-unsaturated/α-hetero) is 1. The average Bonchev–Trinajstić information content (AvgIpc) is 2.53. The van der Waals surface area contributed by atoms with Crippen molar-refractivity contribution in [1.82, 2.24) is 4.90 Å². The Labute approximate surface area is 142 Å². The highest BCUT2D eigenvalue weighted by Gasteiger charge is 2.29. The van der Waals surface area contributed by atoms with E-state index in [9.17, 15) is 14.0 Å². The molecule has 2 unspecified atom stereocenters. The molecule has 4 nitrogen and oxygen atoms in total. The lowest BCUT2D eigenvalue weighted by molar-refractivity contribution is -0.135. The van der Waals surface area contributed by atoms with Crippen LogP contribution in [-0.4, -0.2) is 35.2 Å². The Morgan fingerprint density at radius 1 is 1.26 bits per heavy atom. The molecule has 0 aliphatic carbocycles. The van der Waals surface area contributed by atoms with Gasteiger partial charge in [0.2, 0.25) is 5.91 Å². The fourth-order valence-corrected chi connectivity index (χ4v) is 2.96. The number of ketones is 1. The molecule has 128 valence electrons. The first-order chi connectivity index (χ1) is 10.5. The zero-order valence-corrected chi connectivity index (χ0v) is 14.2. The normalized spacial score (nSPS) is 18.9. The minimum atomic E-state index is -0.374. The summed E-state index contributed by atoms with van der Waals surface area (Å²) in [6, 6.07) is 5.43. The van der Waals surface area contributed by atoms with Crippen LogP contribution in [0.2, 0.25) is 0 Å². The van der Waals surface area contributed by atoms with Crippen LogP contribution in [-0.2, 0) is 4.79 Å².